The smallest absolute Gasteiger partial charge is 0.365 e. The number of carbonyl (C=O) groups is 4. The average Bonchev–Trinajstić information content (AvgIpc) is 3.21. The lowest BCUT2D eigenvalue weighted by molar-refractivity contribution is -0.161. The van der Waals surface area contributed by atoms with E-state index in [1.165, 1.54) is 33.1 Å². The second kappa shape index (κ2) is 11.6. The zero-order valence-corrected chi connectivity index (χ0v) is 23.3. The van der Waals surface area contributed by atoms with Gasteiger partial charge in [0.2, 0.25) is 5.60 Å². The Morgan fingerprint density at radius 2 is 1.92 bits per heavy atom. The Hall–Kier alpha value is -3.31. The number of hydrogen-bond donors (Lipinski definition) is 3. The number of carboxylic acids is 1. The summed E-state index contributed by atoms with van der Waals surface area (Å²) in [6.07, 6.45) is 0.314. The lowest BCUT2D eigenvalue weighted by atomic mass is 9.91. The first-order valence-corrected chi connectivity index (χ1v) is 13.5. The van der Waals surface area contributed by atoms with E-state index in [0.29, 0.717) is 10.7 Å². The van der Waals surface area contributed by atoms with Gasteiger partial charge in [0.15, 0.2) is 10.8 Å². The molecule has 15 nitrogen and oxygen atoms in total. The van der Waals surface area contributed by atoms with Crippen molar-refractivity contribution in [1.29, 1.82) is 0 Å². The van der Waals surface area contributed by atoms with Gasteiger partial charge in [-0.15, -0.1) is 11.3 Å². The first kappa shape index (κ1) is 30.9. The summed E-state index contributed by atoms with van der Waals surface area (Å²) in [6.45, 7) is 8.26. The number of carbonyl (C=O) groups excluding carboxylic acids is 3. The van der Waals surface area contributed by atoms with Crippen molar-refractivity contribution in [2.45, 2.75) is 65.6 Å². The second-order valence-corrected chi connectivity index (χ2v) is 12.1. The first-order chi connectivity index (χ1) is 17.4. The maximum atomic E-state index is 13.0. The molecule has 2 atom stereocenters. The van der Waals surface area contributed by atoms with E-state index in [4.69, 9.17) is 19.5 Å². The third-order valence-corrected chi connectivity index (χ3v) is 7.49. The zero-order valence-electron chi connectivity index (χ0n) is 21.7. The number of esters is 1. The molecule has 0 bridgehead atoms. The number of nitrogens with one attached hydrogen (secondary N) is 1. The molecule has 1 aromatic rings. The molecule has 2 heterocycles. The van der Waals surface area contributed by atoms with Gasteiger partial charge in [0.1, 0.15) is 11.7 Å². The molecular weight excluding hydrogens is 546 g/mol. The number of hydrogen-bond acceptors (Lipinski definition) is 13. The monoisotopic (exact) mass is 577 g/mol. The average molecular weight is 578 g/mol. The number of β-lactam (4-membered cyclic amide) rings is 1. The van der Waals surface area contributed by atoms with Gasteiger partial charge in [-0.1, -0.05) is 19.0 Å². The molecule has 17 heteroatoms. The third-order valence-electron chi connectivity index (χ3n) is 5.41. The first-order valence-electron chi connectivity index (χ1n) is 11.3. The third kappa shape index (κ3) is 7.61. The van der Waals surface area contributed by atoms with Crippen LogP contribution in [0.5, 0.6) is 0 Å². The van der Waals surface area contributed by atoms with Crippen molar-refractivity contribution in [2.75, 3.05) is 18.9 Å². The molecule has 1 aliphatic rings. The number of aromatic nitrogens is 1. The lowest BCUT2D eigenvalue weighted by Gasteiger charge is -2.43. The van der Waals surface area contributed by atoms with Crippen LogP contribution in [-0.4, -0.2) is 83.2 Å². The summed E-state index contributed by atoms with van der Waals surface area (Å²) >= 11 is 0.985. The van der Waals surface area contributed by atoms with Gasteiger partial charge in [-0.2, -0.15) is 8.42 Å². The topological polar surface area (TPSA) is 217 Å². The molecule has 0 radical (unpaired) electrons. The van der Waals surface area contributed by atoms with Crippen molar-refractivity contribution in [1.82, 2.24) is 14.6 Å². The van der Waals surface area contributed by atoms with Crippen molar-refractivity contribution < 1.29 is 46.5 Å². The number of ether oxygens (including phenoxy) is 1. The highest BCUT2D eigenvalue weighted by atomic mass is 32.2. The predicted octanol–water partition coefficient (Wildman–Crippen LogP) is 0.266. The number of oxime groups is 1. The molecule has 1 aromatic heterocycles. The van der Waals surface area contributed by atoms with Gasteiger partial charge in [0.25, 0.3) is 11.8 Å². The Labute approximate surface area is 223 Å². The summed E-state index contributed by atoms with van der Waals surface area (Å²) in [5.74, 6) is -3.73. The summed E-state index contributed by atoms with van der Waals surface area (Å²) < 4.78 is 35.8. The van der Waals surface area contributed by atoms with E-state index < -0.39 is 62.9 Å². The molecule has 0 unspecified atom stereocenters. The van der Waals surface area contributed by atoms with Crippen LogP contribution in [0.3, 0.4) is 0 Å². The number of amides is 2. The molecule has 2 amide bonds. The van der Waals surface area contributed by atoms with Crippen LogP contribution in [0.25, 0.3) is 0 Å². The van der Waals surface area contributed by atoms with Gasteiger partial charge in [0, 0.05) is 12.3 Å². The highest BCUT2D eigenvalue weighted by Gasteiger charge is 2.53. The van der Waals surface area contributed by atoms with Crippen LogP contribution in [0.15, 0.2) is 10.5 Å². The van der Waals surface area contributed by atoms with Crippen molar-refractivity contribution in [3.63, 3.8) is 0 Å². The van der Waals surface area contributed by atoms with Gasteiger partial charge >= 0.3 is 22.2 Å². The van der Waals surface area contributed by atoms with Crippen molar-refractivity contribution in [2.24, 2.45) is 10.6 Å². The van der Waals surface area contributed by atoms with E-state index in [9.17, 15) is 32.7 Å². The number of nitrogens with zero attached hydrogens (tertiary/aromatic N) is 3. The number of aliphatic carboxylic acids is 1. The molecule has 0 spiro atoms. The van der Waals surface area contributed by atoms with Crippen LogP contribution in [0.1, 0.15) is 53.7 Å². The Bertz CT molecular complexity index is 1220. The van der Waals surface area contributed by atoms with Gasteiger partial charge in [-0.3, -0.25) is 18.6 Å². The molecule has 38 heavy (non-hydrogen) atoms. The normalized spacial score (nSPS) is 18.5. The fourth-order valence-electron chi connectivity index (χ4n) is 2.94. The summed E-state index contributed by atoms with van der Waals surface area (Å²) in [5, 5.41) is 16.7. The maximum Gasteiger partial charge on any atom is 0.365 e. The van der Waals surface area contributed by atoms with Crippen LogP contribution < -0.4 is 11.1 Å². The van der Waals surface area contributed by atoms with Crippen molar-refractivity contribution in [3.8, 4) is 0 Å². The number of rotatable bonds is 13. The molecule has 1 aliphatic heterocycles. The number of nitrogen functional groups attached to an aromatic ring is 1. The second-order valence-electron chi connectivity index (χ2n) is 9.72. The van der Waals surface area contributed by atoms with Gasteiger partial charge in [-0.05, 0) is 32.6 Å². The highest BCUT2D eigenvalue weighted by Crippen LogP contribution is 2.28. The van der Waals surface area contributed by atoms with Crippen molar-refractivity contribution in [3.05, 3.63) is 11.1 Å². The van der Waals surface area contributed by atoms with E-state index >= 15 is 0 Å². The Balaban J connectivity index is 2.10. The Morgan fingerprint density at radius 1 is 1.29 bits per heavy atom. The molecule has 2 rings (SSSR count). The number of thiazole rings is 1. The molecular formula is C21H31N5O10S2. The standard InChI is InChI=1S/C21H31N5O10S2/c1-11-14(17(29)26(11)38(32,33)35-10-20(3,4)7-8-34-12(2)27)24-16(28)15(13-9-37-19(22)23-13)25-36-21(5,6)18(30)31/h9,11,14H,7-8,10H2,1-6H3,(H2,22,23)(H,24,28)(H,30,31)/b25-15+/t11-,14-/m0/s1. The van der Waals surface area contributed by atoms with Gasteiger partial charge < -0.3 is 25.7 Å². The molecule has 1 fully saturated rings. The number of nitrogens with two attached hydrogens (primary N) is 1. The number of anilines is 1. The number of carboxylic acid groups (broad SMARTS) is 1. The molecule has 212 valence electrons. The maximum absolute atomic E-state index is 13.0. The minimum absolute atomic E-state index is 0.0330. The van der Waals surface area contributed by atoms with Crippen LogP contribution in [0.4, 0.5) is 5.13 Å². The summed E-state index contributed by atoms with van der Waals surface area (Å²) in [4.78, 5) is 56.9. The summed E-state index contributed by atoms with van der Waals surface area (Å²) in [5.41, 5.74) is 2.64. The van der Waals surface area contributed by atoms with E-state index in [2.05, 4.69) is 15.5 Å². The Morgan fingerprint density at radius 3 is 2.42 bits per heavy atom. The molecule has 0 aromatic carbocycles. The van der Waals surface area contributed by atoms with E-state index in [1.54, 1.807) is 13.8 Å². The molecule has 0 saturated carbocycles. The largest absolute Gasteiger partial charge is 0.478 e. The summed E-state index contributed by atoms with van der Waals surface area (Å²) in [6, 6.07) is -2.27. The van der Waals surface area contributed by atoms with Crippen LogP contribution in [-0.2, 0) is 43.2 Å². The van der Waals surface area contributed by atoms with Crippen LogP contribution >= 0.6 is 11.3 Å². The van der Waals surface area contributed by atoms with E-state index in [1.807, 2.05) is 0 Å². The SMILES string of the molecule is CC(=O)OCCC(C)(C)COS(=O)(=O)N1C(=O)[C@@H](NC(=O)/C(=N/OC(C)(C)C(=O)O)c2csc(N)n2)[C@@H]1C. The lowest BCUT2D eigenvalue weighted by Crippen LogP contribution is -2.71. The summed E-state index contributed by atoms with van der Waals surface area (Å²) in [7, 11) is -4.50. The quantitative estimate of drug-likeness (QED) is 0.124. The zero-order chi connectivity index (χ0) is 29.1. The van der Waals surface area contributed by atoms with Gasteiger partial charge in [-0.25, -0.2) is 14.1 Å². The van der Waals surface area contributed by atoms with E-state index in [-0.39, 0.29) is 24.0 Å². The minimum Gasteiger partial charge on any atom is -0.478 e. The fourth-order valence-corrected chi connectivity index (χ4v) is 4.93. The molecule has 4 N–H and O–H groups in total. The van der Waals surface area contributed by atoms with E-state index in [0.717, 1.165) is 11.3 Å². The fraction of sp³-hybridized carbons (Fsp3) is 0.619. The Kier molecular flexibility index (Phi) is 9.44. The van der Waals surface area contributed by atoms with Crippen LogP contribution in [0, 0.1) is 5.41 Å². The molecule has 0 aliphatic carbocycles. The van der Waals surface area contributed by atoms with Gasteiger partial charge in [0.05, 0.1) is 19.3 Å². The minimum atomic E-state index is -4.50. The molecule has 1 saturated heterocycles. The van der Waals surface area contributed by atoms with Crippen molar-refractivity contribution >= 4 is 56.2 Å². The highest BCUT2D eigenvalue weighted by molar-refractivity contribution is 7.85. The van der Waals surface area contributed by atoms with Crippen LogP contribution in [0.2, 0.25) is 0 Å². The predicted molar refractivity (Wildman–Crippen MR) is 134 cm³/mol.